The lowest BCUT2D eigenvalue weighted by molar-refractivity contribution is 0.420. The van der Waals surface area contributed by atoms with Gasteiger partial charge in [0.1, 0.15) is 11.6 Å². The number of hydrogen-bond donors (Lipinski definition) is 0. The molecule has 0 spiro atoms. The summed E-state index contributed by atoms with van der Waals surface area (Å²) in [6.07, 6.45) is 3.42. The molecule has 0 bridgehead atoms. The molecule has 2 heterocycles. The SMILES string of the molecule is Fc1ccc(-n2nc(CSc3nnc(Cc4cccc(F)c4)o3)c3c2CCC3)cc1. The van der Waals surface area contributed by atoms with Crippen molar-refractivity contribution in [2.24, 2.45) is 0 Å². The van der Waals surface area contributed by atoms with Crippen molar-refractivity contribution in [2.45, 2.75) is 36.7 Å². The Morgan fingerprint density at radius 3 is 2.70 bits per heavy atom. The smallest absolute Gasteiger partial charge is 0.276 e. The first kappa shape index (κ1) is 19.0. The summed E-state index contributed by atoms with van der Waals surface area (Å²) in [7, 11) is 0. The van der Waals surface area contributed by atoms with Crippen LogP contribution in [0.4, 0.5) is 8.78 Å². The van der Waals surface area contributed by atoms with E-state index in [4.69, 9.17) is 9.52 Å². The first-order valence-corrected chi connectivity index (χ1v) is 10.7. The van der Waals surface area contributed by atoms with Crippen LogP contribution in [0.3, 0.4) is 0 Å². The summed E-state index contributed by atoms with van der Waals surface area (Å²) in [4.78, 5) is 0. The van der Waals surface area contributed by atoms with Crippen LogP contribution in [0, 0.1) is 11.6 Å². The average molecular weight is 424 g/mol. The Kier molecular flexibility index (Phi) is 5.08. The first-order valence-electron chi connectivity index (χ1n) is 9.71. The predicted octanol–water partition coefficient (Wildman–Crippen LogP) is 4.91. The summed E-state index contributed by atoms with van der Waals surface area (Å²) in [5.41, 5.74) is 5.08. The Morgan fingerprint density at radius 1 is 1.00 bits per heavy atom. The summed E-state index contributed by atoms with van der Waals surface area (Å²) in [6, 6.07) is 12.7. The molecule has 8 heteroatoms. The van der Waals surface area contributed by atoms with Crippen LogP contribution in [0.5, 0.6) is 0 Å². The number of benzene rings is 2. The van der Waals surface area contributed by atoms with Crippen molar-refractivity contribution in [2.75, 3.05) is 0 Å². The fraction of sp³-hybridized carbons (Fsp3) is 0.227. The van der Waals surface area contributed by atoms with E-state index in [1.807, 2.05) is 10.7 Å². The average Bonchev–Trinajstić information content (AvgIpc) is 3.45. The maximum Gasteiger partial charge on any atom is 0.276 e. The van der Waals surface area contributed by atoms with Crippen LogP contribution in [0.25, 0.3) is 5.69 Å². The molecule has 0 radical (unpaired) electrons. The molecular weight excluding hydrogens is 406 g/mol. The van der Waals surface area contributed by atoms with Crippen molar-refractivity contribution in [1.82, 2.24) is 20.0 Å². The number of nitrogens with zero attached hydrogens (tertiary/aromatic N) is 4. The van der Waals surface area contributed by atoms with Crippen molar-refractivity contribution in [3.63, 3.8) is 0 Å². The van der Waals surface area contributed by atoms with Crippen LogP contribution in [0.2, 0.25) is 0 Å². The highest BCUT2D eigenvalue weighted by atomic mass is 32.2. The normalized spacial score (nSPS) is 13.0. The summed E-state index contributed by atoms with van der Waals surface area (Å²) in [5.74, 6) is 0.513. The molecule has 1 aliphatic carbocycles. The quantitative estimate of drug-likeness (QED) is 0.412. The van der Waals surface area contributed by atoms with E-state index in [2.05, 4.69) is 10.2 Å². The van der Waals surface area contributed by atoms with E-state index in [-0.39, 0.29) is 11.6 Å². The molecule has 0 aliphatic heterocycles. The molecule has 30 heavy (non-hydrogen) atoms. The predicted molar refractivity (Wildman–Crippen MR) is 109 cm³/mol. The molecule has 5 nitrogen and oxygen atoms in total. The lowest BCUT2D eigenvalue weighted by Gasteiger charge is -2.05. The van der Waals surface area contributed by atoms with Gasteiger partial charge in [0, 0.05) is 11.4 Å². The monoisotopic (exact) mass is 424 g/mol. The highest BCUT2D eigenvalue weighted by molar-refractivity contribution is 7.98. The number of aromatic nitrogens is 4. The molecule has 2 aromatic heterocycles. The molecule has 2 aromatic carbocycles. The zero-order valence-electron chi connectivity index (χ0n) is 16.0. The summed E-state index contributed by atoms with van der Waals surface area (Å²) in [6.45, 7) is 0. The maximum atomic E-state index is 13.3. The molecule has 4 aromatic rings. The second-order valence-corrected chi connectivity index (χ2v) is 8.10. The standard InChI is InChI=1S/C22H18F2N4OS/c23-15-7-9-17(10-8-15)28-20-6-2-5-18(20)19(27-28)13-30-22-26-25-21(29-22)12-14-3-1-4-16(24)11-14/h1,3-4,7-11H,2,5-6,12-13H2. The van der Waals surface area contributed by atoms with Gasteiger partial charge in [-0.1, -0.05) is 23.9 Å². The van der Waals surface area contributed by atoms with Crippen molar-refractivity contribution in [1.29, 1.82) is 0 Å². The third-order valence-electron chi connectivity index (χ3n) is 5.11. The summed E-state index contributed by atoms with van der Waals surface area (Å²) in [5, 5.41) is 13.4. The largest absolute Gasteiger partial charge is 0.416 e. The first-order chi connectivity index (χ1) is 14.7. The van der Waals surface area contributed by atoms with Crippen molar-refractivity contribution >= 4 is 11.8 Å². The van der Waals surface area contributed by atoms with Gasteiger partial charge in [0.15, 0.2) is 0 Å². The van der Waals surface area contributed by atoms with Gasteiger partial charge in [-0.15, -0.1) is 10.2 Å². The van der Waals surface area contributed by atoms with E-state index in [1.165, 1.54) is 47.3 Å². The zero-order chi connectivity index (χ0) is 20.5. The number of thioether (sulfide) groups is 1. The molecule has 0 amide bonds. The van der Waals surface area contributed by atoms with E-state index in [9.17, 15) is 8.78 Å². The Hall–Kier alpha value is -3.00. The van der Waals surface area contributed by atoms with E-state index in [0.29, 0.717) is 23.3 Å². The molecule has 0 saturated carbocycles. The van der Waals surface area contributed by atoms with Crippen LogP contribution < -0.4 is 0 Å². The van der Waals surface area contributed by atoms with E-state index in [0.717, 1.165) is 36.2 Å². The van der Waals surface area contributed by atoms with Crippen molar-refractivity contribution in [3.8, 4) is 5.69 Å². The molecule has 152 valence electrons. The van der Waals surface area contributed by atoms with Crippen LogP contribution in [0.1, 0.15) is 34.8 Å². The van der Waals surface area contributed by atoms with E-state index < -0.39 is 0 Å². The highest BCUT2D eigenvalue weighted by Crippen LogP contribution is 2.31. The van der Waals surface area contributed by atoms with Crippen molar-refractivity contribution in [3.05, 3.63) is 88.6 Å². The van der Waals surface area contributed by atoms with Gasteiger partial charge in [-0.05, 0) is 66.8 Å². The van der Waals surface area contributed by atoms with Gasteiger partial charge < -0.3 is 4.42 Å². The Balaban J connectivity index is 1.31. The van der Waals surface area contributed by atoms with Crippen LogP contribution in [-0.2, 0) is 25.0 Å². The van der Waals surface area contributed by atoms with E-state index >= 15 is 0 Å². The second kappa shape index (κ2) is 8.02. The molecule has 0 unspecified atom stereocenters. The summed E-state index contributed by atoms with van der Waals surface area (Å²) < 4.78 is 34.2. The second-order valence-electron chi connectivity index (χ2n) is 7.17. The number of fused-ring (bicyclic) bond motifs is 1. The van der Waals surface area contributed by atoms with Gasteiger partial charge in [-0.3, -0.25) is 0 Å². The molecular formula is C22H18F2N4OS. The van der Waals surface area contributed by atoms with Crippen LogP contribution >= 0.6 is 11.8 Å². The number of hydrogen-bond acceptors (Lipinski definition) is 5. The van der Waals surface area contributed by atoms with Gasteiger partial charge in [-0.2, -0.15) is 5.10 Å². The maximum absolute atomic E-state index is 13.3. The Labute approximate surface area is 176 Å². The third-order valence-corrected chi connectivity index (χ3v) is 5.94. The molecule has 0 atom stereocenters. The minimum Gasteiger partial charge on any atom is -0.416 e. The Morgan fingerprint density at radius 2 is 1.87 bits per heavy atom. The van der Waals surface area contributed by atoms with Crippen molar-refractivity contribution < 1.29 is 13.2 Å². The van der Waals surface area contributed by atoms with Gasteiger partial charge in [-0.25, -0.2) is 13.5 Å². The third kappa shape index (κ3) is 3.87. The lowest BCUT2D eigenvalue weighted by atomic mass is 10.1. The molecule has 0 fully saturated rings. The van der Waals surface area contributed by atoms with Gasteiger partial charge in [0.05, 0.1) is 17.8 Å². The molecule has 0 saturated heterocycles. The molecule has 5 rings (SSSR count). The van der Waals surface area contributed by atoms with E-state index in [1.54, 1.807) is 18.2 Å². The minimum absolute atomic E-state index is 0.260. The molecule has 0 N–H and O–H groups in total. The highest BCUT2D eigenvalue weighted by Gasteiger charge is 2.23. The molecule has 1 aliphatic rings. The topological polar surface area (TPSA) is 56.7 Å². The number of rotatable bonds is 6. The minimum atomic E-state index is -0.285. The fourth-order valence-electron chi connectivity index (χ4n) is 3.75. The van der Waals surface area contributed by atoms with Gasteiger partial charge in [0.25, 0.3) is 5.22 Å². The van der Waals surface area contributed by atoms with Gasteiger partial charge >= 0.3 is 0 Å². The van der Waals surface area contributed by atoms with Crippen LogP contribution in [0.15, 0.2) is 58.2 Å². The number of halogens is 2. The van der Waals surface area contributed by atoms with Crippen LogP contribution in [-0.4, -0.2) is 20.0 Å². The van der Waals surface area contributed by atoms with Gasteiger partial charge in [0.2, 0.25) is 5.89 Å². The Bertz CT molecular complexity index is 1190. The lowest BCUT2D eigenvalue weighted by Crippen LogP contribution is -2.01. The zero-order valence-corrected chi connectivity index (χ0v) is 16.8. The summed E-state index contributed by atoms with van der Waals surface area (Å²) >= 11 is 1.43. The fourth-order valence-corrected chi connectivity index (χ4v) is 4.49.